The molecule has 0 N–H and O–H groups in total. The van der Waals surface area contributed by atoms with E-state index in [-0.39, 0.29) is 11.2 Å². The zero-order valence-electron chi connectivity index (χ0n) is 17.3. The number of hydrogen-bond acceptors (Lipinski definition) is 6. The highest BCUT2D eigenvalue weighted by molar-refractivity contribution is 5.83. The summed E-state index contributed by atoms with van der Waals surface area (Å²) in [5.41, 5.74) is 1.35. The summed E-state index contributed by atoms with van der Waals surface area (Å²) in [5, 5.41) is 0.508. The molecule has 2 heterocycles. The van der Waals surface area contributed by atoms with Gasteiger partial charge in [0.25, 0.3) is 0 Å². The van der Waals surface area contributed by atoms with Crippen LogP contribution >= 0.6 is 0 Å². The fourth-order valence-electron chi connectivity index (χ4n) is 4.48. The van der Waals surface area contributed by atoms with Crippen molar-refractivity contribution >= 4 is 11.0 Å². The Morgan fingerprint density at radius 2 is 1.90 bits per heavy atom. The van der Waals surface area contributed by atoms with E-state index in [0.29, 0.717) is 41.0 Å². The molecule has 1 aromatic heterocycles. The largest absolute Gasteiger partial charge is 0.497 e. The number of hydrogen-bond donors (Lipinski definition) is 0. The second-order valence-electron chi connectivity index (χ2n) is 7.98. The molecule has 0 radical (unpaired) electrons. The molecular weight excluding hydrogens is 382 g/mol. The standard InChI is InChI=1S/C24H25NO5/c1-15-23(30-18-9-5-8-17(12-18)27-2)22(26)19-10-11-21-20(24(19)29-15)13-25(14-28-21)16-6-3-4-7-16/h5,8-12,16H,3-4,6-7,13-14H2,1-2H3. The molecule has 0 atom stereocenters. The highest BCUT2D eigenvalue weighted by Crippen LogP contribution is 2.36. The van der Waals surface area contributed by atoms with Gasteiger partial charge in [0, 0.05) is 18.7 Å². The first-order chi connectivity index (χ1) is 14.6. The van der Waals surface area contributed by atoms with Crippen LogP contribution in [0.25, 0.3) is 11.0 Å². The zero-order valence-corrected chi connectivity index (χ0v) is 17.3. The maximum Gasteiger partial charge on any atom is 0.235 e. The summed E-state index contributed by atoms with van der Waals surface area (Å²) < 4.78 is 23.3. The van der Waals surface area contributed by atoms with Crippen molar-refractivity contribution in [3.63, 3.8) is 0 Å². The van der Waals surface area contributed by atoms with Crippen molar-refractivity contribution in [1.29, 1.82) is 0 Å². The van der Waals surface area contributed by atoms with E-state index in [1.54, 1.807) is 32.2 Å². The van der Waals surface area contributed by atoms with Gasteiger partial charge in [-0.3, -0.25) is 9.69 Å². The van der Waals surface area contributed by atoms with Gasteiger partial charge in [-0.15, -0.1) is 0 Å². The van der Waals surface area contributed by atoms with Gasteiger partial charge in [0.2, 0.25) is 11.2 Å². The average molecular weight is 407 g/mol. The molecule has 0 unspecified atom stereocenters. The van der Waals surface area contributed by atoms with Crippen LogP contribution in [-0.2, 0) is 6.54 Å². The van der Waals surface area contributed by atoms with Crippen LogP contribution in [0, 0.1) is 6.92 Å². The van der Waals surface area contributed by atoms with Crippen molar-refractivity contribution in [2.75, 3.05) is 13.8 Å². The molecule has 156 valence electrons. The summed E-state index contributed by atoms with van der Waals surface area (Å²) in [5.74, 6) is 2.62. The van der Waals surface area contributed by atoms with Crippen LogP contribution in [-0.4, -0.2) is 24.8 Å². The van der Waals surface area contributed by atoms with Gasteiger partial charge in [-0.2, -0.15) is 0 Å². The van der Waals surface area contributed by atoms with Crippen LogP contribution < -0.4 is 19.6 Å². The Hall–Kier alpha value is -2.99. The van der Waals surface area contributed by atoms with Gasteiger partial charge in [-0.05, 0) is 44.0 Å². The van der Waals surface area contributed by atoms with Crippen molar-refractivity contribution in [1.82, 2.24) is 4.90 Å². The van der Waals surface area contributed by atoms with Gasteiger partial charge in [-0.25, -0.2) is 0 Å². The third-order valence-electron chi connectivity index (χ3n) is 6.09. The predicted molar refractivity (Wildman–Crippen MR) is 114 cm³/mol. The van der Waals surface area contributed by atoms with E-state index in [1.807, 2.05) is 18.2 Å². The van der Waals surface area contributed by atoms with Gasteiger partial charge in [0.1, 0.15) is 35.3 Å². The Morgan fingerprint density at radius 1 is 1.10 bits per heavy atom. The number of fused-ring (bicyclic) bond motifs is 3. The van der Waals surface area contributed by atoms with Crippen molar-refractivity contribution in [2.45, 2.75) is 45.2 Å². The predicted octanol–water partition coefficient (Wildman–Crippen LogP) is 5.00. The van der Waals surface area contributed by atoms with Crippen LogP contribution in [0.3, 0.4) is 0 Å². The Labute approximate surface area is 175 Å². The van der Waals surface area contributed by atoms with E-state index in [4.69, 9.17) is 18.6 Å². The van der Waals surface area contributed by atoms with Crippen LogP contribution in [0.5, 0.6) is 23.0 Å². The summed E-state index contributed by atoms with van der Waals surface area (Å²) in [4.78, 5) is 15.6. The number of rotatable bonds is 4. The Balaban J connectivity index is 1.54. The molecule has 1 aliphatic heterocycles. The second-order valence-corrected chi connectivity index (χ2v) is 7.98. The molecule has 0 saturated heterocycles. The third kappa shape index (κ3) is 3.31. The molecule has 1 aliphatic carbocycles. The van der Waals surface area contributed by atoms with E-state index in [1.165, 1.54) is 25.7 Å². The molecule has 0 amide bonds. The minimum absolute atomic E-state index is 0.183. The topological polar surface area (TPSA) is 61.1 Å². The van der Waals surface area contributed by atoms with E-state index in [9.17, 15) is 4.79 Å². The molecule has 1 fully saturated rings. The fraction of sp³-hybridized carbons (Fsp3) is 0.375. The number of nitrogens with zero attached hydrogens (tertiary/aromatic N) is 1. The minimum Gasteiger partial charge on any atom is -0.497 e. The quantitative estimate of drug-likeness (QED) is 0.607. The molecule has 6 heteroatoms. The smallest absolute Gasteiger partial charge is 0.235 e. The van der Waals surface area contributed by atoms with E-state index in [0.717, 1.165) is 17.9 Å². The highest BCUT2D eigenvalue weighted by atomic mass is 16.5. The lowest BCUT2D eigenvalue weighted by Gasteiger charge is -2.33. The monoisotopic (exact) mass is 407 g/mol. The summed E-state index contributed by atoms with van der Waals surface area (Å²) in [6.07, 6.45) is 4.93. The normalized spacial score (nSPS) is 17.0. The number of aryl methyl sites for hydroxylation is 1. The number of ether oxygens (including phenoxy) is 3. The van der Waals surface area contributed by atoms with Gasteiger partial charge in [0.05, 0.1) is 18.1 Å². The van der Waals surface area contributed by atoms with Crippen LogP contribution in [0.2, 0.25) is 0 Å². The molecule has 6 nitrogen and oxygen atoms in total. The van der Waals surface area contributed by atoms with Gasteiger partial charge < -0.3 is 18.6 Å². The van der Waals surface area contributed by atoms with E-state index >= 15 is 0 Å². The fourth-order valence-corrected chi connectivity index (χ4v) is 4.48. The molecule has 3 aromatic rings. The van der Waals surface area contributed by atoms with Crippen molar-refractivity contribution in [2.24, 2.45) is 0 Å². The maximum atomic E-state index is 13.3. The lowest BCUT2D eigenvalue weighted by atomic mass is 10.1. The summed E-state index contributed by atoms with van der Waals surface area (Å²) >= 11 is 0. The van der Waals surface area contributed by atoms with Crippen molar-refractivity contribution in [3.8, 4) is 23.0 Å². The van der Waals surface area contributed by atoms with Crippen LogP contribution in [0.1, 0.15) is 37.0 Å². The number of methoxy groups -OCH3 is 1. The highest BCUT2D eigenvalue weighted by Gasteiger charge is 2.29. The van der Waals surface area contributed by atoms with Gasteiger partial charge >= 0.3 is 0 Å². The lowest BCUT2D eigenvalue weighted by Crippen LogP contribution is -2.39. The molecule has 2 aliphatic rings. The first-order valence-electron chi connectivity index (χ1n) is 10.4. The Kier molecular flexibility index (Phi) is 4.87. The van der Waals surface area contributed by atoms with Crippen LogP contribution in [0.4, 0.5) is 0 Å². The lowest BCUT2D eigenvalue weighted by molar-refractivity contribution is 0.0581. The molecular formula is C24H25NO5. The molecule has 0 bridgehead atoms. The maximum absolute atomic E-state index is 13.3. The molecule has 30 heavy (non-hydrogen) atoms. The van der Waals surface area contributed by atoms with E-state index in [2.05, 4.69) is 4.90 Å². The second kappa shape index (κ2) is 7.69. The van der Waals surface area contributed by atoms with Gasteiger partial charge in [-0.1, -0.05) is 18.9 Å². The van der Waals surface area contributed by atoms with Gasteiger partial charge in [0.15, 0.2) is 0 Å². The summed E-state index contributed by atoms with van der Waals surface area (Å²) in [6, 6.07) is 11.3. The Morgan fingerprint density at radius 3 is 2.70 bits per heavy atom. The molecule has 2 aromatic carbocycles. The minimum atomic E-state index is -0.183. The average Bonchev–Trinajstić information content (AvgIpc) is 3.31. The summed E-state index contributed by atoms with van der Waals surface area (Å²) in [7, 11) is 1.59. The van der Waals surface area contributed by atoms with Crippen molar-refractivity contribution in [3.05, 3.63) is 57.9 Å². The molecule has 5 rings (SSSR count). The first-order valence-corrected chi connectivity index (χ1v) is 10.4. The third-order valence-corrected chi connectivity index (χ3v) is 6.09. The van der Waals surface area contributed by atoms with Crippen LogP contribution in [0.15, 0.2) is 45.6 Å². The number of benzene rings is 2. The van der Waals surface area contributed by atoms with Crippen molar-refractivity contribution < 1.29 is 18.6 Å². The molecule has 0 spiro atoms. The first kappa shape index (κ1) is 19.0. The Bertz CT molecular complexity index is 1150. The summed E-state index contributed by atoms with van der Waals surface area (Å²) in [6.45, 7) is 3.08. The zero-order chi connectivity index (χ0) is 20.7. The molecule has 1 saturated carbocycles. The SMILES string of the molecule is COc1cccc(Oc2c(C)oc3c4c(ccc3c2=O)OCN(C2CCCC2)C4)c1. The van der Waals surface area contributed by atoms with E-state index < -0.39 is 0 Å².